The first-order valence-corrected chi connectivity index (χ1v) is 8.03. The maximum absolute atomic E-state index is 12.0. The van der Waals surface area contributed by atoms with Gasteiger partial charge in [0.05, 0.1) is 5.02 Å². The van der Waals surface area contributed by atoms with E-state index in [9.17, 15) is 13.2 Å². The minimum atomic E-state index is -3.93. The smallest absolute Gasteiger partial charge is 0.265 e. The van der Waals surface area contributed by atoms with Crippen LogP contribution in [0.15, 0.2) is 53.7 Å². The highest BCUT2D eigenvalue weighted by atomic mass is 35.5. The standard InChI is InChI=1S/C14H13ClN2O3S/c15-12-8-13(10-16-9-12)21(19,20)17-14(18)7-6-11-4-2-1-3-5-11/h1-5,8-10H,6-7H2,(H,17,18). The van der Waals surface area contributed by atoms with Gasteiger partial charge in [0.2, 0.25) is 5.91 Å². The van der Waals surface area contributed by atoms with Gasteiger partial charge in [0, 0.05) is 18.8 Å². The van der Waals surface area contributed by atoms with Crippen molar-refractivity contribution in [1.82, 2.24) is 9.71 Å². The van der Waals surface area contributed by atoms with Crippen LogP contribution in [0.3, 0.4) is 0 Å². The minimum Gasteiger partial charge on any atom is -0.274 e. The van der Waals surface area contributed by atoms with Gasteiger partial charge in [-0.05, 0) is 18.1 Å². The minimum absolute atomic E-state index is 0.0806. The number of hydrogen-bond donors (Lipinski definition) is 1. The van der Waals surface area contributed by atoms with E-state index in [0.29, 0.717) is 6.42 Å². The molecule has 1 amide bonds. The molecule has 0 aliphatic rings. The molecule has 1 N–H and O–H groups in total. The number of rotatable bonds is 5. The van der Waals surface area contributed by atoms with Crippen LogP contribution in [0.4, 0.5) is 0 Å². The molecule has 110 valence electrons. The Labute approximate surface area is 128 Å². The summed E-state index contributed by atoms with van der Waals surface area (Å²) in [4.78, 5) is 15.3. The summed E-state index contributed by atoms with van der Waals surface area (Å²) >= 11 is 5.69. The van der Waals surface area contributed by atoms with Crippen LogP contribution in [0.1, 0.15) is 12.0 Å². The van der Waals surface area contributed by atoms with E-state index in [1.807, 2.05) is 35.1 Å². The molecule has 7 heteroatoms. The van der Waals surface area contributed by atoms with Crippen molar-refractivity contribution in [3.05, 3.63) is 59.4 Å². The number of amides is 1. The van der Waals surface area contributed by atoms with Crippen LogP contribution in [-0.2, 0) is 21.2 Å². The second-order valence-corrected chi connectivity index (χ2v) is 6.47. The predicted molar refractivity (Wildman–Crippen MR) is 79.3 cm³/mol. The molecule has 2 rings (SSSR count). The zero-order chi connectivity index (χ0) is 15.3. The van der Waals surface area contributed by atoms with Gasteiger partial charge in [0.25, 0.3) is 10.0 Å². The molecule has 0 bridgehead atoms. The molecule has 1 aromatic carbocycles. The summed E-state index contributed by atoms with van der Waals surface area (Å²) < 4.78 is 26.0. The van der Waals surface area contributed by atoms with Crippen LogP contribution < -0.4 is 4.72 Å². The molecule has 0 radical (unpaired) electrons. The Morgan fingerprint density at radius 1 is 1.19 bits per heavy atom. The Hall–Kier alpha value is -1.92. The lowest BCUT2D eigenvalue weighted by Gasteiger charge is -2.07. The summed E-state index contributed by atoms with van der Waals surface area (Å²) in [5.41, 5.74) is 0.967. The van der Waals surface area contributed by atoms with Gasteiger partial charge in [-0.15, -0.1) is 0 Å². The molecule has 0 atom stereocenters. The third-order valence-electron chi connectivity index (χ3n) is 2.72. The van der Waals surface area contributed by atoms with Crippen molar-refractivity contribution >= 4 is 27.5 Å². The fraction of sp³-hybridized carbons (Fsp3) is 0.143. The van der Waals surface area contributed by atoms with E-state index in [4.69, 9.17) is 11.6 Å². The van der Waals surface area contributed by atoms with Crippen molar-refractivity contribution in [3.63, 3.8) is 0 Å². The summed E-state index contributed by atoms with van der Waals surface area (Å²) in [6.45, 7) is 0. The first-order chi connectivity index (χ1) is 9.97. The molecule has 2 aromatic rings. The lowest BCUT2D eigenvalue weighted by atomic mass is 10.1. The van der Waals surface area contributed by atoms with Gasteiger partial charge in [-0.1, -0.05) is 41.9 Å². The first-order valence-electron chi connectivity index (χ1n) is 6.17. The lowest BCUT2D eigenvalue weighted by Crippen LogP contribution is -2.30. The van der Waals surface area contributed by atoms with Gasteiger partial charge in [-0.3, -0.25) is 9.78 Å². The molecule has 0 unspecified atom stereocenters. The van der Waals surface area contributed by atoms with Crippen LogP contribution in [-0.4, -0.2) is 19.3 Å². The molecule has 0 aliphatic carbocycles. The highest BCUT2D eigenvalue weighted by Gasteiger charge is 2.18. The number of aryl methyl sites for hydroxylation is 1. The van der Waals surface area contributed by atoms with Gasteiger partial charge in [-0.2, -0.15) is 0 Å². The van der Waals surface area contributed by atoms with Crippen molar-refractivity contribution in [2.45, 2.75) is 17.7 Å². The number of nitrogens with zero attached hydrogens (tertiary/aromatic N) is 1. The fourth-order valence-electron chi connectivity index (χ4n) is 1.70. The summed E-state index contributed by atoms with van der Waals surface area (Å²) in [6.07, 6.45) is 3.00. The van der Waals surface area contributed by atoms with Gasteiger partial charge < -0.3 is 0 Å². The molecule has 0 saturated carbocycles. The van der Waals surface area contributed by atoms with E-state index in [-0.39, 0.29) is 16.3 Å². The number of halogens is 1. The molecule has 5 nitrogen and oxygen atoms in total. The quantitative estimate of drug-likeness (QED) is 0.914. The molecule has 0 spiro atoms. The Bertz CT molecular complexity index is 733. The van der Waals surface area contributed by atoms with Crippen LogP contribution >= 0.6 is 11.6 Å². The number of pyridine rings is 1. The number of hydrogen-bond acceptors (Lipinski definition) is 4. The summed E-state index contributed by atoms with van der Waals surface area (Å²) in [7, 11) is -3.93. The van der Waals surface area contributed by atoms with Crippen molar-refractivity contribution in [2.75, 3.05) is 0 Å². The van der Waals surface area contributed by atoms with Gasteiger partial charge in [0.1, 0.15) is 4.90 Å². The monoisotopic (exact) mass is 324 g/mol. The number of sulfonamides is 1. The van der Waals surface area contributed by atoms with Crippen LogP contribution in [0, 0.1) is 0 Å². The maximum atomic E-state index is 12.0. The topological polar surface area (TPSA) is 76.1 Å². The number of benzene rings is 1. The van der Waals surface area contributed by atoms with E-state index in [1.165, 1.54) is 12.3 Å². The summed E-state index contributed by atoms with van der Waals surface area (Å²) in [6, 6.07) is 10.6. The molecular weight excluding hydrogens is 312 g/mol. The van der Waals surface area contributed by atoms with Crippen molar-refractivity contribution in [3.8, 4) is 0 Å². The van der Waals surface area contributed by atoms with Gasteiger partial charge >= 0.3 is 0 Å². The molecule has 0 aliphatic heterocycles. The van der Waals surface area contributed by atoms with E-state index in [2.05, 4.69) is 4.98 Å². The average molecular weight is 325 g/mol. The zero-order valence-corrected chi connectivity index (χ0v) is 12.6. The Kier molecular flexibility index (Phi) is 4.93. The van der Waals surface area contributed by atoms with Crippen molar-refractivity contribution in [1.29, 1.82) is 0 Å². The highest BCUT2D eigenvalue weighted by molar-refractivity contribution is 7.90. The molecule has 0 saturated heterocycles. The van der Waals surface area contributed by atoms with Gasteiger partial charge in [-0.25, -0.2) is 13.1 Å². The summed E-state index contributed by atoms with van der Waals surface area (Å²) in [5.74, 6) is -0.571. The maximum Gasteiger partial charge on any atom is 0.265 e. The van der Waals surface area contributed by atoms with Crippen LogP contribution in [0.2, 0.25) is 5.02 Å². The second-order valence-electron chi connectivity index (χ2n) is 4.35. The number of carbonyl (C=O) groups is 1. The predicted octanol–water partition coefficient (Wildman–Crippen LogP) is 2.17. The SMILES string of the molecule is O=C(CCc1ccccc1)NS(=O)(=O)c1cncc(Cl)c1. The molecular formula is C14H13ClN2O3S. The van der Waals surface area contributed by atoms with E-state index >= 15 is 0 Å². The van der Waals surface area contributed by atoms with Gasteiger partial charge in [0.15, 0.2) is 0 Å². The van der Waals surface area contributed by atoms with Crippen molar-refractivity contribution < 1.29 is 13.2 Å². The molecule has 21 heavy (non-hydrogen) atoms. The number of carbonyl (C=O) groups excluding carboxylic acids is 1. The third kappa shape index (κ3) is 4.54. The van der Waals surface area contributed by atoms with E-state index < -0.39 is 15.9 Å². The number of aromatic nitrogens is 1. The van der Waals surface area contributed by atoms with Crippen LogP contribution in [0.25, 0.3) is 0 Å². The third-order valence-corrected chi connectivity index (χ3v) is 4.27. The largest absolute Gasteiger partial charge is 0.274 e. The zero-order valence-electron chi connectivity index (χ0n) is 11.0. The van der Waals surface area contributed by atoms with Crippen LogP contribution in [0.5, 0.6) is 0 Å². The van der Waals surface area contributed by atoms with Crippen molar-refractivity contribution in [2.24, 2.45) is 0 Å². The second kappa shape index (κ2) is 6.69. The Morgan fingerprint density at radius 2 is 1.90 bits per heavy atom. The molecule has 1 heterocycles. The number of nitrogens with one attached hydrogen (secondary N) is 1. The normalized spacial score (nSPS) is 11.1. The van der Waals surface area contributed by atoms with E-state index in [0.717, 1.165) is 11.8 Å². The molecule has 0 fully saturated rings. The van der Waals surface area contributed by atoms with E-state index in [1.54, 1.807) is 0 Å². The Balaban J connectivity index is 1.99. The first kappa shape index (κ1) is 15.5. The summed E-state index contributed by atoms with van der Waals surface area (Å²) in [5, 5.41) is 0.189. The Morgan fingerprint density at radius 3 is 2.57 bits per heavy atom. The highest BCUT2D eigenvalue weighted by Crippen LogP contribution is 2.13. The molecule has 1 aromatic heterocycles. The lowest BCUT2D eigenvalue weighted by molar-refractivity contribution is -0.119. The average Bonchev–Trinajstić information content (AvgIpc) is 2.46. The fourth-order valence-corrected chi connectivity index (χ4v) is 2.94.